The highest BCUT2D eigenvalue weighted by atomic mass is 15.3. The van der Waals surface area contributed by atoms with Gasteiger partial charge in [0.1, 0.15) is 0 Å². The van der Waals surface area contributed by atoms with E-state index in [-0.39, 0.29) is 6.04 Å². The third kappa shape index (κ3) is 2.16. The van der Waals surface area contributed by atoms with E-state index in [1.807, 2.05) is 12.1 Å². The van der Waals surface area contributed by atoms with Crippen LogP contribution in [0.5, 0.6) is 0 Å². The van der Waals surface area contributed by atoms with Crippen molar-refractivity contribution in [3.05, 3.63) is 65.2 Å². The van der Waals surface area contributed by atoms with Crippen molar-refractivity contribution in [2.45, 2.75) is 26.4 Å². The van der Waals surface area contributed by atoms with Gasteiger partial charge in [-0.25, -0.2) is 4.99 Å². The zero-order valence-corrected chi connectivity index (χ0v) is 11.9. The van der Waals surface area contributed by atoms with Crippen LogP contribution < -0.4 is 5.73 Å². The minimum Gasteiger partial charge on any atom is -0.369 e. The number of rotatable bonds is 2. The fourth-order valence-electron chi connectivity index (χ4n) is 2.69. The number of fused-ring (bicyclic) bond motifs is 1. The van der Waals surface area contributed by atoms with Gasteiger partial charge in [0.15, 0.2) is 5.96 Å². The summed E-state index contributed by atoms with van der Waals surface area (Å²) in [7, 11) is 0. The molecule has 1 atom stereocenters. The Morgan fingerprint density at radius 1 is 1.10 bits per heavy atom. The Bertz CT molecular complexity index is 661. The fourth-order valence-corrected chi connectivity index (χ4v) is 2.69. The van der Waals surface area contributed by atoms with Gasteiger partial charge < -0.3 is 10.6 Å². The van der Waals surface area contributed by atoms with E-state index < -0.39 is 0 Å². The normalized spacial score (nSPS) is 17.6. The average molecular weight is 265 g/mol. The molecule has 0 aromatic heterocycles. The number of para-hydroxylation sites is 1. The van der Waals surface area contributed by atoms with Crippen molar-refractivity contribution in [3.8, 4) is 0 Å². The molecule has 0 saturated carbocycles. The molecule has 20 heavy (non-hydrogen) atoms. The standard InChI is InChI=1S/C17H19N3/c1-12-7-3-4-8-14(12)11-20-13(2)15-9-5-6-10-16(15)19-17(20)18/h3-10,13H,11H2,1-2H3,(H2,18,19)/t13-/m0/s1. The lowest BCUT2D eigenvalue weighted by Crippen LogP contribution is -2.40. The second-order valence-corrected chi connectivity index (χ2v) is 5.26. The van der Waals surface area contributed by atoms with Gasteiger partial charge in [0.05, 0.1) is 11.7 Å². The van der Waals surface area contributed by atoms with Gasteiger partial charge in [-0.15, -0.1) is 0 Å². The molecule has 3 rings (SSSR count). The van der Waals surface area contributed by atoms with E-state index in [1.54, 1.807) is 0 Å². The second kappa shape index (κ2) is 5.00. The van der Waals surface area contributed by atoms with Crippen LogP contribution in [0.25, 0.3) is 0 Å². The van der Waals surface area contributed by atoms with E-state index in [1.165, 1.54) is 16.7 Å². The van der Waals surface area contributed by atoms with Crippen molar-refractivity contribution in [3.63, 3.8) is 0 Å². The third-order valence-corrected chi connectivity index (χ3v) is 3.99. The quantitative estimate of drug-likeness (QED) is 0.902. The monoisotopic (exact) mass is 265 g/mol. The van der Waals surface area contributed by atoms with Crippen molar-refractivity contribution in [1.82, 2.24) is 4.90 Å². The van der Waals surface area contributed by atoms with E-state index in [4.69, 9.17) is 5.73 Å². The molecule has 2 N–H and O–H groups in total. The molecule has 0 radical (unpaired) electrons. The van der Waals surface area contributed by atoms with Crippen LogP contribution in [0.4, 0.5) is 5.69 Å². The molecule has 1 heterocycles. The largest absolute Gasteiger partial charge is 0.369 e. The summed E-state index contributed by atoms with van der Waals surface area (Å²) in [5.74, 6) is 0.597. The molecule has 2 aromatic carbocycles. The van der Waals surface area contributed by atoms with Gasteiger partial charge in [0.2, 0.25) is 0 Å². The van der Waals surface area contributed by atoms with E-state index in [2.05, 4.69) is 60.1 Å². The van der Waals surface area contributed by atoms with Gasteiger partial charge in [-0.05, 0) is 31.0 Å². The first-order chi connectivity index (χ1) is 9.66. The van der Waals surface area contributed by atoms with Crippen LogP contribution in [0.15, 0.2) is 53.5 Å². The Morgan fingerprint density at radius 2 is 1.80 bits per heavy atom. The Kier molecular flexibility index (Phi) is 3.18. The first-order valence-electron chi connectivity index (χ1n) is 6.91. The highest BCUT2D eigenvalue weighted by Crippen LogP contribution is 2.34. The molecule has 0 spiro atoms. The summed E-state index contributed by atoms with van der Waals surface area (Å²) in [6, 6.07) is 16.8. The minimum absolute atomic E-state index is 0.239. The smallest absolute Gasteiger partial charge is 0.197 e. The summed E-state index contributed by atoms with van der Waals surface area (Å²) in [4.78, 5) is 6.68. The maximum atomic E-state index is 6.16. The molecule has 0 bridgehead atoms. The van der Waals surface area contributed by atoms with Crippen molar-refractivity contribution in [1.29, 1.82) is 0 Å². The molecular formula is C17H19N3. The van der Waals surface area contributed by atoms with Gasteiger partial charge in [0, 0.05) is 12.1 Å². The molecule has 102 valence electrons. The number of hydrogen-bond acceptors (Lipinski definition) is 3. The van der Waals surface area contributed by atoms with E-state index >= 15 is 0 Å². The molecule has 3 heteroatoms. The highest BCUT2D eigenvalue weighted by molar-refractivity contribution is 5.84. The summed E-state index contributed by atoms with van der Waals surface area (Å²) in [5, 5.41) is 0. The van der Waals surface area contributed by atoms with Gasteiger partial charge in [-0.3, -0.25) is 0 Å². The van der Waals surface area contributed by atoms with E-state index in [0.29, 0.717) is 5.96 Å². The first kappa shape index (κ1) is 12.7. The molecule has 2 aromatic rings. The predicted octanol–water partition coefficient (Wildman–Crippen LogP) is 3.52. The molecule has 0 unspecified atom stereocenters. The maximum absolute atomic E-state index is 6.16. The number of nitrogens with two attached hydrogens (primary N) is 1. The Balaban J connectivity index is 1.94. The molecule has 0 amide bonds. The van der Waals surface area contributed by atoms with Crippen LogP contribution in [0.2, 0.25) is 0 Å². The number of benzene rings is 2. The molecule has 0 aliphatic carbocycles. The highest BCUT2D eigenvalue weighted by Gasteiger charge is 2.25. The number of nitrogens with zero attached hydrogens (tertiary/aromatic N) is 2. The van der Waals surface area contributed by atoms with Crippen LogP contribution >= 0.6 is 0 Å². The number of aryl methyl sites for hydroxylation is 1. The lowest BCUT2D eigenvalue weighted by molar-refractivity contribution is 0.320. The number of hydrogen-bond donors (Lipinski definition) is 1. The molecule has 3 nitrogen and oxygen atoms in total. The summed E-state index contributed by atoms with van der Waals surface area (Å²) in [6.45, 7) is 5.10. The van der Waals surface area contributed by atoms with Crippen molar-refractivity contribution in [2.24, 2.45) is 10.7 Å². The third-order valence-electron chi connectivity index (χ3n) is 3.99. The molecule has 0 fully saturated rings. The Hall–Kier alpha value is -2.29. The summed E-state index contributed by atoms with van der Waals surface area (Å²) < 4.78 is 0. The number of guanidine groups is 1. The van der Waals surface area contributed by atoms with Crippen molar-refractivity contribution >= 4 is 11.6 Å². The Morgan fingerprint density at radius 3 is 2.60 bits per heavy atom. The van der Waals surface area contributed by atoms with Crippen LogP contribution in [-0.2, 0) is 6.54 Å². The SMILES string of the molecule is Cc1ccccc1CN1C(N)=Nc2ccccc2[C@@H]1C. The van der Waals surface area contributed by atoms with Gasteiger partial charge in [-0.1, -0.05) is 42.5 Å². The second-order valence-electron chi connectivity index (χ2n) is 5.26. The molecule has 1 aliphatic rings. The Labute approximate surface area is 119 Å². The van der Waals surface area contributed by atoms with Crippen LogP contribution in [0, 0.1) is 6.92 Å². The summed E-state index contributed by atoms with van der Waals surface area (Å²) in [5.41, 5.74) is 10.9. The van der Waals surface area contributed by atoms with Gasteiger partial charge >= 0.3 is 0 Å². The zero-order valence-electron chi connectivity index (χ0n) is 11.9. The van der Waals surface area contributed by atoms with E-state index in [0.717, 1.165) is 12.2 Å². The van der Waals surface area contributed by atoms with Crippen molar-refractivity contribution in [2.75, 3.05) is 0 Å². The zero-order chi connectivity index (χ0) is 14.1. The summed E-state index contributed by atoms with van der Waals surface area (Å²) in [6.07, 6.45) is 0. The van der Waals surface area contributed by atoms with Crippen LogP contribution in [0.3, 0.4) is 0 Å². The van der Waals surface area contributed by atoms with Gasteiger partial charge in [-0.2, -0.15) is 0 Å². The lowest BCUT2D eigenvalue weighted by atomic mass is 10.0. The average Bonchev–Trinajstić information content (AvgIpc) is 2.45. The fraction of sp³-hybridized carbons (Fsp3) is 0.235. The molecular weight excluding hydrogens is 246 g/mol. The summed E-state index contributed by atoms with van der Waals surface area (Å²) >= 11 is 0. The maximum Gasteiger partial charge on any atom is 0.197 e. The van der Waals surface area contributed by atoms with Gasteiger partial charge in [0.25, 0.3) is 0 Å². The van der Waals surface area contributed by atoms with Crippen LogP contribution in [0.1, 0.15) is 29.7 Å². The number of aliphatic imine (C=N–C) groups is 1. The van der Waals surface area contributed by atoms with Crippen LogP contribution in [-0.4, -0.2) is 10.9 Å². The molecule has 1 aliphatic heterocycles. The predicted molar refractivity (Wildman–Crippen MR) is 82.9 cm³/mol. The molecule has 0 saturated heterocycles. The van der Waals surface area contributed by atoms with E-state index in [9.17, 15) is 0 Å². The van der Waals surface area contributed by atoms with Crippen molar-refractivity contribution < 1.29 is 0 Å². The topological polar surface area (TPSA) is 41.6 Å². The first-order valence-corrected chi connectivity index (χ1v) is 6.91. The lowest BCUT2D eigenvalue weighted by Gasteiger charge is -2.34. The minimum atomic E-state index is 0.239.